The molecule has 26 heavy (non-hydrogen) atoms. The summed E-state index contributed by atoms with van der Waals surface area (Å²) in [4.78, 5) is 25.7. The first-order valence-electron chi connectivity index (χ1n) is 8.54. The Morgan fingerprint density at radius 3 is 2.77 bits per heavy atom. The van der Waals surface area contributed by atoms with Crippen molar-refractivity contribution in [1.29, 1.82) is 0 Å². The average molecular weight is 352 g/mol. The molecular formula is C20H20N2O4. The van der Waals surface area contributed by atoms with Gasteiger partial charge in [0, 0.05) is 12.3 Å². The minimum Gasteiger partial charge on any atom is -0.495 e. The minimum atomic E-state index is -0.835. The summed E-state index contributed by atoms with van der Waals surface area (Å²) in [6, 6.07) is 14.7. The first kappa shape index (κ1) is 16.4. The molecule has 4 rings (SSSR count). The van der Waals surface area contributed by atoms with Gasteiger partial charge in [-0.3, -0.25) is 9.59 Å². The summed E-state index contributed by atoms with van der Waals surface area (Å²) in [6.45, 7) is 1.84. The molecule has 2 N–H and O–H groups in total. The third-order valence-corrected chi connectivity index (χ3v) is 4.98. The van der Waals surface area contributed by atoms with Gasteiger partial charge in [-0.25, -0.2) is 0 Å². The van der Waals surface area contributed by atoms with Gasteiger partial charge in [0.2, 0.25) is 11.8 Å². The van der Waals surface area contributed by atoms with Crippen LogP contribution in [0.3, 0.4) is 0 Å². The number of nitrogens with one attached hydrogen (secondary N) is 2. The fourth-order valence-electron chi connectivity index (χ4n) is 3.85. The van der Waals surface area contributed by atoms with Gasteiger partial charge in [0.05, 0.1) is 12.8 Å². The molecule has 0 aliphatic carbocycles. The summed E-state index contributed by atoms with van der Waals surface area (Å²) in [7, 11) is 1.54. The van der Waals surface area contributed by atoms with Crippen molar-refractivity contribution in [2.45, 2.75) is 25.0 Å². The maximum absolute atomic E-state index is 13.0. The Bertz CT molecular complexity index is 882. The van der Waals surface area contributed by atoms with E-state index in [4.69, 9.17) is 9.47 Å². The summed E-state index contributed by atoms with van der Waals surface area (Å²) in [5.41, 5.74) is 0.638. The zero-order chi connectivity index (χ0) is 18.3. The van der Waals surface area contributed by atoms with Crippen LogP contribution in [0.25, 0.3) is 0 Å². The molecule has 3 atom stereocenters. The number of hydrogen-bond acceptors (Lipinski definition) is 4. The Kier molecular flexibility index (Phi) is 3.83. The first-order valence-corrected chi connectivity index (χ1v) is 8.54. The van der Waals surface area contributed by atoms with Crippen molar-refractivity contribution in [2.75, 3.05) is 12.4 Å². The van der Waals surface area contributed by atoms with E-state index in [-0.39, 0.29) is 17.7 Å². The maximum atomic E-state index is 13.0. The largest absolute Gasteiger partial charge is 0.495 e. The number of ether oxygens (including phenoxy) is 2. The Balaban J connectivity index is 1.68. The maximum Gasteiger partial charge on any atom is 0.237 e. The zero-order valence-electron chi connectivity index (χ0n) is 14.6. The van der Waals surface area contributed by atoms with Crippen molar-refractivity contribution in [3.8, 4) is 11.5 Å². The summed E-state index contributed by atoms with van der Waals surface area (Å²) >= 11 is 0. The standard InChI is InChI=1S/C20H20N2O4/c1-20-11-13(12-7-3-5-9-15(12)26-20)17(19(24)22-20)18(23)21-14-8-4-6-10-16(14)25-2/h3-10,13,17H,11H2,1-2H3,(H,21,23)(H,22,24)/t13-,17-,20+/m0/s1. The van der Waals surface area contributed by atoms with Crippen LogP contribution in [0.2, 0.25) is 0 Å². The summed E-state index contributed by atoms with van der Waals surface area (Å²) in [6.07, 6.45) is 0.541. The highest BCUT2D eigenvalue weighted by atomic mass is 16.5. The number of para-hydroxylation sites is 3. The normalized spacial score (nSPS) is 26.2. The van der Waals surface area contributed by atoms with E-state index in [2.05, 4.69) is 10.6 Å². The molecule has 2 aliphatic heterocycles. The van der Waals surface area contributed by atoms with Crippen molar-refractivity contribution in [3.05, 3.63) is 54.1 Å². The number of methoxy groups -OCH3 is 1. The second kappa shape index (κ2) is 6.05. The van der Waals surface area contributed by atoms with Gasteiger partial charge in [0.25, 0.3) is 0 Å². The van der Waals surface area contributed by atoms with E-state index in [1.54, 1.807) is 25.3 Å². The van der Waals surface area contributed by atoms with Crippen LogP contribution in [0, 0.1) is 5.92 Å². The molecule has 0 saturated carbocycles. The van der Waals surface area contributed by atoms with Crippen molar-refractivity contribution in [2.24, 2.45) is 5.92 Å². The molecule has 2 aromatic carbocycles. The molecule has 2 amide bonds. The van der Waals surface area contributed by atoms with E-state index in [1.807, 2.05) is 37.3 Å². The van der Waals surface area contributed by atoms with Gasteiger partial charge in [-0.15, -0.1) is 0 Å². The molecule has 2 aliphatic rings. The van der Waals surface area contributed by atoms with Gasteiger partial charge in [-0.2, -0.15) is 0 Å². The number of hydrogen-bond donors (Lipinski definition) is 2. The molecular weight excluding hydrogens is 332 g/mol. The van der Waals surface area contributed by atoms with Crippen molar-refractivity contribution in [1.82, 2.24) is 5.32 Å². The molecule has 0 spiro atoms. The van der Waals surface area contributed by atoms with E-state index < -0.39 is 11.6 Å². The van der Waals surface area contributed by atoms with Gasteiger partial charge in [0.1, 0.15) is 17.4 Å². The summed E-state index contributed by atoms with van der Waals surface area (Å²) in [5.74, 6) is -0.497. The lowest BCUT2D eigenvalue weighted by Crippen LogP contribution is -2.62. The van der Waals surface area contributed by atoms with Gasteiger partial charge in [-0.1, -0.05) is 30.3 Å². The molecule has 6 heteroatoms. The molecule has 2 aromatic rings. The van der Waals surface area contributed by atoms with E-state index in [0.29, 0.717) is 23.6 Å². The fraction of sp³-hybridized carbons (Fsp3) is 0.300. The summed E-state index contributed by atoms with van der Waals surface area (Å²) < 4.78 is 11.2. The monoisotopic (exact) mass is 352 g/mol. The number of carbonyl (C=O) groups is 2. The molecule has 0 radical (unpaired) electrons. The van der Waals surface area contributed by atoms with Crippen LogP contribution in [0.5, 0.6) is 11.5 Å². The van der Waals surface area contributed by atoms with Crippen LogP contribution in [0.4, 0.5) is 5.69 Å². The number of fused-ring (bicyclic) bond motifs is 4. The highest BCUT2D eigenvalue weighted by Gasteiger charge is 2.51. The highest BCUT2D eigenvalue weighted by Crippen LogP contribution is 2.46. The molecule has 6 nitrogen and oxygen atoms in total. The second-order valence-corrected chi connectivity index (χ2v) is 6.84. The van der Waals surface area contributed by atoms with Crippen LogP contribution in [0.15, 0.2) is 48.5 Å². The quantitative estimate of drug-likeness (QED) is 0.833. The Labute approximate surface area is 151 Å². The third-order valence-electron chi connectivity index (χ3n) is 4.98. The molecule has 134 valence electrons. The molecule has 2 bridgehead atoms. The zero-order valence-corrected chi connectivity index (χ0v) is 14.6. The first-order chi connectivity index (χ1) is 12.5. The highest BCUT2D eigenvalue weighted by molar-refractivity contribution is 6.08. The lowest BCUT2D eigenvalue weighted by Gasteiger charge is -2.46. The van der Waals surface area contributed by atoms with Crippen molar-refractivity contribution >= 4 is 17.5 Å². The van der Waals surface area contributed by atoms with Crippen LogP contribution in [0.1, 0.15) is 24.8 Å². The summed E-state index contributed by atoms with van der Waals surface area (Å²) in [5, 5.41) is 5.70. The molecule has 1 fully saturated rings. The van der Waals surface area contributed by atoms with E-state index in [1.165, 1.54) is 0 Å². The Morgan fingerprint density at radius 1 is 1.23 bits per heavy atom. The lowest BCUT2D eigenvalue weighted by atomic mass is 9.74. The van der Waals surface area contributed by atoms with Gasteiger partial charge < -0.3 is 20.1 Å². The molecule has 2 heterocycles. The van der Waals surface area contributed by atoms with E-state index >= 15 is 0 Å². The fourth-order valence-corrected chi connectivity index (χ4v) is 3.85. The average Bonchev–Trinajstić information content (AvgIpc) is 2.61. The Hall–Kier alpha value is -3.02. The number of rotatable bonds is 3. The van der Waals surface area contributed by atoms with Crippen LogP contribution in [-0.2, 0) is 9.59 Å². The number of piperidine rings is 1. The molecule has 1 saturated heterocycles. The third kappa shape index (κ3) is 2.67. The van der Waals surface area contributed by atoms with Crippen LogP contribution >= 0.6 is 0 Å². The number of benzene rings is 2. The minimum absolute atomic E-state index is 0.242. The van der Waals surface area contributed by atoms with Crippen molar-refractivity contribution in [3.63, 3.8) is 0 Å². The molecule has 0 unspecified atom stereocenters. The SMILES string of the molecule is COc1ccccc1NC(=O)[C@H]1C(=O)N[C@@]2(C)C[C@H]1c1ccccc1O2. The molecule has 0 aromatic heterocycles. The van der Waals surface area contributed by atoms with Crippen LogP contribution < -0.4 is 20.1 Å². The van der Waals surface area contributed by atoms with Gasteiger partial charge in [0.15, 0.2) is 5.72 Å². The van der Waals surface area contributed by atoms with Crippen molar-refractivity contribution < 1.29 is 19.1 Å². The van der Waals surface area contributed by atoms with Crippen LogP contribution in [-0.4, -0.2) is 24.6 Å². The number of carbonyl (C=O) groups excluding carboxylic acids is 2. The topological polar surface area (TPSA) is 76.7 Å². The second-order valence-electron chi connectivity index (χ2n) is 6.84. The predicted octanol–water partition coefficient (Wildman–Crippen LogP) is 2.66. The smallest absolute Gasteiger partial charge is 0.237 e. The number of amides is 2. The van der Waals surface area contributed by atoms with Gasteiger partial charge in [-0.05, 0) is 30.7 Å². The number of anilines is 1. The van der Waals surface area contributed by atoms with E-state index in [0.717, 1.165) is 5.56 Å². The Morgan fingerprint density at radius 2 is 1.96 bits per heavy atom. The van der Waals surface area contributed by atoms with Gasteiger partial charge >= 0.3 is 0 Å². The van der Waals surface area contributed by atoms with E-state index in [9.17, 15) is 9.59 Å². The lowest BCUT2D eigenvalue weighted by molar-refractivity contribution is -0.145. The predicted molar refractivity (Wildman–Crippen MR) is 96.1 cm³/mol.